The SMILES string of the molecule is CC[C@H]1O[C@@H](c2ccc(OC)c(Cc3ccc4c(c3)CCC3(CCC3)O4)c2)[C@H](OCc2ccccc2)[C@@H](C)[C@@H]1C. The van der Waals surface area contributed by atoms with Gasteiger partial charge >= 0.3 is 0 Å². The van der Waals surface area contributed by atoms with Crippen LogP contribution in [0.1, 0.15) is 86.8 Å². The molecule has 0 unspecified atom stereocenters. The predicted molar refractivity (Wildman–Crippen MR) is 159 cm³/mol. The summed E-state index contributed by atoms with van der Waals surface area (Å²) in [5.41, 5.74) is 6.28. The first kappa shape index (κ1) is 27.4. The van der Waals surface area contributed by atoms with Crippen LogP contribution in [-0.2, 0) is 28.9 Å². The second kappa shape index (κ2) is 11.6. The van der Waals surface area contributed by atoms with E-state index in [2.05, 4.69) is 81.4 Å². The Balaban J connectivity index is 1.26. The predicted octanol–water partition coefficient (Wildman–Crippen LogP) is 8.24. The van der Waals surface area contributed by atoms with Crippen molar-refractivity contribution >= 4 is 0 Å². The highest BCUT2D eigenvalue weighted by molar-refractivity contribution is 5.45. The third-order valence-corrected chi connectivity index (χ3v) is 9.84. The van der Waals surface area contributed by atoms with Crippen LogP contribution in [0.2, 0.25) is 0 Å². The summed E-state index contributed by atoms with van der Waals surface area (Å²) >= 11 is 0. The van der Waals surface area contributed by atoms with Crippen LogP contribution in [0.3, 0.4) is 0 Å². The van der Waals surface area contributed by atoms with Gasteiger partial charge in [0.15, 0.2) is 0 Å². The molecule has 6 rings (SSSR count). The lowest BCUT2D eigenvalue weighted by molar-refractivity contribution is -0.194. The second-order valence-electron chi connectivity index (χ2n) is 12.3. The van der Waals surface area contributed by atoms with Crippen molar-refractivity contribution in [1.82, 2.24) is 0 Å². The standard InChI is InChI=1S/C36H44O4/c1-5-31-24(2)25(3)34(38-23-26-10-7-6-8-11-26)35(39-31)29-13-15-32(37-4)30(22-29)21-27-12-14-33-28(20-27)16-19-36(40-33)17-9-18-36/h6-8,10-15,20,22,24-25,31,34-35H,5,9,16-19,21,23H2,1-4H3/t24-,25-,31+,34+,35-/m0/s1. The van der Waals surface area contributed by atoms with E-state index in [4.69, 9.17) is 18.9 Å². The van der Waals surface area contributed by atoms with Gasteiger partial charge in [0.25, 0.3) is 0 Å². The summed E-state index contributed by atoms with van der Waals surface area (Å²) in [4.78, 5) is 0. The maximum Gasteiger partial charge on any atom is 0.123 e. The second-order valence-corrected chi connectivity index (χ2v) is 12.3. The number of benzene rings is 3. The number of ether oxygens (including phenoxy) is 4. The first-order valence-electron chi connectivity index (χ1n) is 15.3. The lowest BCUT2D eigenvalue weighted by atomic mass is 9.74. The highest BCUT2D eigenvalue weighted by Crippen LogP contribution is 2.46. The highest BCUT2D eigenvalue weighted by Gasteiger charge is 2.43. The van der Waals surface area contributed by atoms with Crippen molar-refractivity contribution in [1.29, 1.82) is 0 Å². The van der Waals surface area contributed by atoms with E-state index < -0.39 is 0 Å². The van der Waals surface area contributed by atoms with E-state index in [1.165, 1.54) is 47.1 Å². The van der Waals surface area contributed by atoms with Gasteiger partial charge in [-0.3, -0.25) is 0 Å². The zero-order valence-electron chi connectivity index (χ0n) is 24.5. The number of hydrogen-bond acceptors (Lipinski definition) is 4. The largest absolute Gasteiger partial charge is 0.496 e. The van der Waals surface area contributed by atoms with Gasteiger partial charge in [-0.2, -0.15) is 0 Å². The van der Waals surface area contributed by atoms with Crippen LogP contribution >= 0.6 is 0 Å². The van der Waals surface area contributed by atoms with Crippen molar-refractivity contribution < 1.29 is 18.9 Å². The first-order chi connectivity index (χ1) is 19.5. The number of hydrogen-bond donors (Lipinski definition) is 0. The fourth-order valence-electron chi connectivity index (χ4n) is 6.99. The molecule has 3 aromatic carbocycles. The molecule has 1 aliphatic carbocycles. The normalized spacial score (nSPS) is 26.9. The molecule has 0 aromatic heterocycles. The summed E-state index contributed by atoms with van der Waals surface area (Å²) in [6, 6.07) is 23.8. The van der Waals surface area contributed by atoms with Crippen LogP contribution in [0.25, 0.3) is 0 Å². The summed E-state index contributed by atoms with van der Waals surface area (Å²) in [6.07, 6.45) is 7.80. The zero-order chi connectivity index (χ0) is 27.7. The molecule has 0 radical (unpaired) electrons. The Morgan fingerprint density at radius 1 is 0.900 bits per heavy atom. The third kappa shape index (κ3) is 5.41. The van der Waals surface area contributed by atoms with Gasteiger partial charge in [0.2, 0.25) is 0 Å². The molecule has 1 spiro atoms. The molecule has 2 aliphatic heterocycles. The number of rotatable bonds is 8. The molecule has 0 N–H and O–H groups in total. The Kier molecular flexibility index (Phi) is 7.92. The van der Waals surface area contributed by atoms with Gasteiger partial charge in [-0.15, -0.1) is 0 Å². The lowest BCUT2D eigenvalue weighted by Gasteiger charge is -2.45. The minimum absolute atomic E-state index is 0.0287. The summed E-state index contributed by atoms with van der Waals surface area (Å²) in [5, 5.41) is 0. The van der Waals surface area contributed by atoms with Gasteiger partial charge in [0.05, 0.1) is 25.9 Å². The molecule has 2 fully saturated rings. The van der Waals surface area contributed by atoms with Crippen LogP contribution in [0.5, 0.6) is 11.5 Å². The van der Waals surface area contributed by atoms with E-state index in [1.54, 1.807) is 7.11 Å². The van der Waals surface area contributed by atoms with E-state index in [-0.39, 0.29) is 23.9 Å². The van der Waals surface area contributed by atoms with Gasteiger partial charge in [0.1, 0.15) is 23.2 Å². The van der Waals surface area contributed by atoms with Gasteiger partial charge in [0, 0.05) is 6.42 Å². The minimum Gasteiger partial charge on any atom is -0.496 e. The number of fused-ring (bicyclic) bond motifs is 1. The van der Waals surface area contributed by atoms with Crippen LogP contribution in [0, 0.1) is 11.8 Å². The van der Waals surface area contributed by atoms with Crippen molar-refractivity contribution in [2.45, 2.75) is 96.2 Å². The molecule has 2 heterocycles. The van der Waals surface area contributed by atoms with Crippen LogP contribution < -0.4 is 9.47 Å². The van der Waals surface area contributed by atoms with Crippen molar-refractivity contribution in [3.05, 3.63) is 94.5 Å². The fraction of sp³-hybridized carbons (Fsp3) is 0.500. The molecule has 3 aromatic rings. The molecule has 5 atom stereocenters. The van der Waals surface area contributed by atoms with Crippen molar-refractivity contribution in [3.63, 3.8) is 0 Å². The average Bonchev–Trinajstić information content (AvgIpc) is 2.97. The van der Waals surface area contributed by atoms with Crippen molar-refractivity contribution in [2.24, 2.45) is 11.8 Å². The molecule has 0 bridgehead atoms. The van der Waals surface area contributed by atoms with Gasteiger partial charge in [-0.25, -0.2) is 0 Å². The maximum absolute atomic E-state index is 6.81. The van der Waals surface area contributed by atoms with Crippen molar-refractivity contribution in [2.75, 3.05) is 7.11 Å². The maximum atomic E-state index is 6.81. The summed E-state index contributed by atoms with van der Waals surface area (Å²) in [7, 11) is 1.76. The molecule has 3 aliphatic rings. The van der Waals surface area contributed by atoms with Gasteiger partial charge < -0.3 is 18.9 Å². The molecule has 0 amide bonds. The smallest absolute Gasteiger partial charge is 0.123 e. The van der Waals surface area contributed by atoms with E-state index >= 15 is 0 Å². The van der Waals surface area contributed by atoms with E-state index in [9.17, 15) is 0 Å². The first-order valence-corrected chi connectivity index (χ1v) is 15.3. The van der Waals surface area contributed by atoms with E-state index in [0.29, 0.717) is 18.4 Å². The Morgan fingerprint density at radius 2 is 1.73 bits per heavy atom. The highest BCUT2D eigenvalue weighted by atomic mass is 16.6. The molecular weight excluding hydrogens is 496 g/mol. The molecular formula is C36H44O4. The lowest BCUT2D eigenvalue weighted by Crippen LogP contribution is -2.45. The Hall–Kier alpha value is -2.82. The molecule has 4 heteroatoms. The fourth-order valence-corrected chi connectivity index (χ4v) is 6.99. The summed E-state index contributed by atoms with van der Waals surface area (Å²) < 4.78 is 25.8. The van der Waals surface area contributed by atoms with Crippen molar-refractivity contribution in [3.8, 4) is 11.5 Å². The Bertz CT molecular complexity index is 1300. The topological polar surface area (TPSA) is 36.9 Å². The molecule has 4 nitrogen and oxygen atoms in total. The monoisotopic (exact) mass is 540 g/mol. The van der Waals surface area contributed by atoms with Crippen LogP contribution in [0.4, 0.5) is 0 Å². The Labute approximate surface area is 240 Å². The van der Waals surface area contributed by atoms with Crippen LogP contribution in [0.15, 0.2) is 66.7 Å². The summed E-state index contributed by atoms with van der Waals surface area (Å²) in [6.45, 7) is 7.44. The van der Waals surface area contributed by atoms with Gasteiger partial charge in [-0.05, 0) is 96.4 Å². The van der Waals surface area contributed by atoms with Gasteiger partial charge in [-0.1, -0.05) is 69.3 Å². The quantitative estimate of drug-likeness (QED) is 0.288. The minimum atomic E-state index is -0.125. The number of aryl methyl sites for hydroxylation is 1. The third-order valence-electron chi connectivity index (χ3n) is 9.84. The van der Waals surface area contributed by atoms with Crippen LogP contribution in [-0.4, -0.2) is 24.9 Å². The summed E-state index contributed by atoms with van der Waals surface area (Å²) in [5.74, 6) is 2.80. The average molecular weight is 541 g/mol. The molecule has 1 saturated heterocycles. The van der Waals surface area contributed by atoms with E-state index in [0.717, 1.165) is 37.2 Å². The molecule has 212 valence electrons. The number of methoxy groups -OCH3 is 1. The zero-order valence-corrected chi connectivity index (χ0v) is 24.5. The molecule has 1 saturated carbocycles. The van der Waals surface area contributed by atoms with E-state index in [1.807, 2.05) is 6.07 Å². The molecule has 40 heavy (non-hydrogen) atoms. The Morgan fingerprint density at radius 3 is 2.45 bits per heavy atom.